The summed E-state index contributed by atoms with van der Waals surface area (Å²) in [6.45, 7) is 5.31. The number of carbonyl (C=O) groups excluding carboxylic acids is 4. The first-order valence-corrected chi connectivity index (χ1v) is 5.79. The Morgan fingerprint density at radius 2 is 1.95 bits per heavy atom. The van der Waals surface area contributed by atoms with E-state index in [1.54, 1.807) is 6.92 Å². The van der Waals surface area contributed by atoms with Crippen LogP contribution in [0.2, 0.25) is 0 Å². The predicted octanol–water partition coefficient (Wildman–Crippen LogP) is 0.437. The van der Waals surface area contributed by atoms with Gasteiger partial charge in [0, 0.05) is 24.6 Å². The molecule has 20 heavy (non-hydrogen) atoms. The van der Waals surface area contributed by atoms with E-state index in [2.05, 4.69) is 11.3 Å². The number of carbonyl (C=O) groups is 4. The van der Waals surface area contributed by atoms with E-state index < -0.39 is 23.5 Å². The molecular formula is C13H14O7. The summed E-state index contributed by atoms with van der Waals surface area (Å²) >= 11 is 0. The van der Waals surface area contributed by atoms with Crippen LogP contribution in [0.15, 0.2) is 24.8 Å². The molecule has 0 aromatic carbocycles. The van der Waals surface area contributed by atoms with E-state index in [4.69, 9.17) is 9.47 Å². The molecule has 108 valence electrons. The van der Waals surface area contributed by atoms with E-state index in [0.29, 0.717) is 13.0 Å². The van der Waals surface area contributed by atoms with Gasteiger partial charge in [0.2, 0.25) is 0 Å². The molecule has 0 bridgehead atoms. The summed E-state index contributed by atoms with van der Waals surface area (Å²) in [5.74, 6) is -1.99. The van der Waals surface area contributed by atoms with Crippen molar-refractivity contribution in [2.45, 2.75) is 25.4 Å². The first-order valence-electron chi connectivity index (χ1n) is 5.79. The SMILES string of the molecule is C=CC(=O)OC1(C)CCOC(=O)C1.O=C1C=CC(=O)O1. The Balaban J connectivity index is 0.000000240. The lowest BCUT2D eigenvalue weighted by Crippen LogP contribution is -2.39. The highest BCUT2D eigenvalue weighted by Crippen LogP contribution is 2.25. The van der Waals surface area contributed by atoms with Crippen molar-refractivity contribution in [3.8, 4) is 0 Å². The second-order valence-corrected chi connectivity index (χ2v) is 4.30. The van der Waals surface area contributed by atoms with Gasteiger partial charge in [0.1, 0.15) is 5.60 Å². The van der Waals surface area contributed by atoms with Gasteiger partial charge in [0.05, 0.1) is 13.0 Å². The van der Waals surface area contributed by atoms with Gasteiger partial charge in [-0.2, -0.15) is 0 Å². The maximum atomic E-state index is 10.9. The average molecular weight is 282 g/mol. The van der Waals surface area contributed by atoms with Crippen molar-refractivity contribution in [2.24, 2.45) is 0 Å². The first kappa shape index (κ1) is 15.6. The topological polar surface area (TPSA) is 96.0 Å². The van der Waals surface area contributed by atoms with Crippen LogP contribution in [0, 0.1) is 0 Å². The summed E-state index contributed by atoms with van der Waals surface area (Å²) in [4.78, 5) is 41.7. The van der Waals surface area contributed by atoms with Gasteiger partial charge >= 0.3 is 23.9 Å². The third kappa shape index (κ3) is 5.05. The van der Waals surface area contributed by atoms with Crippen LogP contribution in [0.1, 0.15) is 19.8 Å². The number of cyclic esters (lactones) is 3. The fourth-order valence-electron chi connectivity index (χ4n) is 1.50. The summed E-state index contributed by atoms with van der Waals surface area (Å²) in [6.07, 6.45) is 3.92. The zero-order chi connectivity index (χ0) is 15.2. The molecule has 0 aromatic rings. The van der Waals surface area contributed by atoms with Crippen LogP contribution < -0.4 is 0 Å². The normalized spacial score (nSPS) is 24.1. The van der Waals surface area contributed by atoms with Gasteiger partial charge in [-0.3, -0.25) is 4.79 Å². The molecule has 1 unspecified atom stereocenters. The smallest absolute Gasteiger partial charge is 0.338 e. The highest BCUT2D eigenvalue weighted by atomic mass is 16.6. The summed E-state index contributed by atoms with van der Waals surface area (Å²) < 4.78 is 13.7. The molecular weight excluding hydrogens is 268 g/mol. The minimum absolute atomic E-state index is 0.118. The molecule has 0 amide bonds. The van der Waals surface area contributed by atoms with E-state index in [1.807, 2.05) is 0 Å². The molecule has 1 saturated heterocycles. The molecule has 2 aliphatic rings. The second-order valence-electron chi connectivity index (χ2n) is 4.30. The summed E-state index contributed by atoms with van der Waals surface area (Å²) in [6, 6.07) is 0. The lowest BCUT2D eigenvalue weighted by molar-refractivity contribution is -0.171. The Kier molecular flexibility index (Phi) is 5.19. The zero-order valence-electron chi connectivity index (χ0n) is 10.9. The maximum absolute atomic E-state index is 10.9. The van der Waals surface area contributed by atoms with Gasteiger partial charge in [-0.25, -0.2) is 14.4 Å². The zero-order valence-corrected chi connectivity index (χ0v) is 10.9. The van der Waals surface area contributed by atoms with Crippen molar-refractivity contribution in [1.82, 2.24) is 0 Å². The van der Waals surface area contributed by atoms with Crippen LogP contribution in [0.3, 0.4) is 0 Å². The van der Waals surface area contributed by atoms with Gasteiger partial charge in [-0.15, -0.1) is 0 Å². The predicted molar refractivity (Wildman–Crippen MR) is 65.1 cm³/mol. The summed E-state index contributed by atoms with van der Waals surface area (Å²) in [5.41, 5.74) is -0.722. The summed E-state index contributed by atoms with van der Waals surface area (Å²) in [5, 5.41) is 0. The minimum Gasteiger partial charge on any atom is -0.465 e. The van der Waals surface area contributed by atoms with Crippen molar-refractivity contribution in [1.29, 1.82) is 0 Å². The summed E-state index contributed by atoms with van der Waals surface area (Å²) in [7, 11) is 0. The van der Waals surface area contributed by atoms with Gasteiger partial charge in [0.25, 0.3) is 0 Å². The highest BCUT2D eigenvalue weighted by Gasteiger charge is 2.35. The molecule has 0 saturated carbocycles. The monoisotopic (exact) mass is 282 g/mol. The Bertz CT molecular complexity index is 461. The van der Waals surface area contributed by atoms with Gasteiger partial charge < -0.3 is 14.2 Å². The van der Waals surface area contributed by atoms with E-state index in [-0.39, 0.29) is 12.4 Å². The van der Waals surface area contributed by atoms with Crippen molar-refractivity contribution in [3.05, 3.63) is 24.8 Å². The fourth-order valence-corrected chi connectivity index (χ4v) is 1.50. The van der Waals surface area contributed by atoms with E-state index >= 15 is 0 Å². The number of esters is 4. The molecule has 2 aliphatic heterocycles. The average Bonchev–Trinajstić information content (AvgIpc) is 2.73. The molecule has 7 nitrogen and oxygen atoms in total. The molecule has 0 radical (unpaired) electrons. The largest absolute Gasteiger partial charge is 0.465 e. The van der Waals surface area contributed by atoms with Crippen LogP contribution in [-0.2, 0) is 33.4 Å². The Hall–Kier alpha value is -2.44. The molecule has 1 fully saturated rings. The molecule has 2 heterocycles. The second kappa shape index (κ2) is 6.65. The number of ether oxygens (including phenoxy) is 3. The van der Waals surface area contributed by atoms with Gasteiger partial charge in [0.15, 0.2) is 0 Å². The Morgan fingerprint density at radius 1 is 1.35 bits per heavy atom. The van der Waals surface area contributed by atoms with Gasteiger partial charge in [-0.1, -0.05) is 6.58 Å². The lowest BCUT2D eigenvalue weighted by Gasteiger charge is -2.31. The highest BCUT2D eigenvalue weighted by molar-refractivity contribution is 6.04. The third-order valence-electron chi connectivity index (χ3n) is 2.48. The lowest BCUT2D eigenvalue weighted by atomic mass is 9.96. The Labute approximate surface area is 115 Å². The number of hydrogen-bond acceptors (Lipinski definition) is 7. The standard InChI is InChI=1S/C9H12O4.C4H2O3/c1-3-7(10)13-9(2)4-5-12-8(11)6-9;5-3-1-2-4(6)7-3/h3H,1,4-6H2,2H3;1-2H. The fraction of sp³-hybridized carbons (Fsp3) is 0.385. The molecule has 7 heteroatoms. The third-order valence-corrected chi connectivity index (χ3v) is 2.48. The molecule has 0 aromatic heterocycles. The maximum Gasteiger partial charge on any atom is 0.338 e. The first-order chi connectivity index (χ1) is 9.34. The molecule has 0 spiro atoms. The number of rotatable bonds is 2. The van der Waals surface area contributed by atoms with E-state index in [1.165, 1.54) is 0 Å². The van der Waals surface area contributed by atoms with Crippen LogP contribution in [0.25, 0.3) is 0 Å². The van der Waals surface area contributed by atoms with Crippen molar-refractivity contribution >= 4 is 23.9 Å². The van der Waals surface area contributed by atoms with E-state index in [0.717, 1.165) is 18.2 Å². The van der Waals surface area contributed by atoms with Crippen LogP contribution in [0.4, 0.5) is 0 Å². The van der Waals surface area contributed by atoms with E-state index in [9.17, 15) is 19.2 Å². The van der Waals surface area contributed by atoms with Crippen LogP contribution in [-0.4, -0.2) is 36.1 Å². The van der Waals surface area contributed by atoms with Crippen LogP contribution in [0.5, 0.6) is 0 Å². The minimum atomic E-state index is -0.722. The molecule has 2 rings (SSSR count). The molecule has 0 aliphatic carbocycles. The van der Waals surface area contributed by atoms with Crippen molar-refractivity contribution < 1.29 is 33.4 Å². The number of hydrogen-bond donors (Lipinski definition) is 0. The molecule has 0 N–H and O–H groups in total. The van der Waals surface area contributed by atoms with Gasteiger partial charge in [-0.05, 0) is 6.92 Å². The van der Waals surface area contributed by atoms with Crippen LogP contribution >= 0.6 is 0 Å². The molecule has 1 atom stereocenters. The Morgan fingerprint density at radius 3 is 2.35 bits per heavy atom. The van der Waals surface area contributed by atoms with Crippen molar-refractivity contribution in [2.75, 3.05) is 6.61 Å². The quantitative estimate of drug-likeness (QED) is 0.314. The van der Waals surface area contributed by atoms with Crippen molar-refractivity contribution in [3.63, 3.8) is 0 Å².